The van der Waals surface area contributed by atoms with Gasteiger partial charge in [0.15, 0.2) is 11.6 Å². The monoisotopic (exact) mass is 315 g/mol. The smallest absolute Gasteiger partial charge is 0.173 e. The Morgan fingerprint density at radius 3 is 2.70 bits per heavy atom. The molecule has 0 heterocycles. The van der Waals surface area contributed by atoms with Gasteiger partial charge in [-0.15, -0.1) is 0 Å². The van der Waals surface area contributed by atoms with E-state index in [9.17, 15) is 14.7 Å². The maximum Gasteiger partial charge on any atom is 0.173 e. The minimum Gasteiger partial charge on any atom is -0.511 e. The number of benzene rings is 1. The normalized spacial score (nSPS) is 20.1. The Morgan fingerprint density at radius 1 is 1.39 bits per heavy atom. The second-order valence-corrected chi connectivity index (χ2v) is 5.57. The molecule has 0 aliphatic heterocycles. The molecule has 0 unspecified atom stereocenters. The molecule has 5 nitrogen and oxygen atoms in total. The number of carbonyl (C=O) groups excluding carboxylic acids is 2. The minimum absolute atomic E-state index is 0.0810. The fraction of sp³-hybridized carbons (Fsp3) is 0.389. The zero-order valence-corrected chi connectivity index (χ0v) is 13.1. The van der Waals surface area contributed by atoms with Gasteiger partial charge in [0, 0.05) is 18.2 Å². The summed E-state index contributed by atoms with van der Waals surface area (Å²) in [7, 11) is 0. The van der Waals surface area contributed by atoms with Gasteiger partial charge in [-0.3, -0.25) is 14.6 Å². The van der Waals surface area contributed by atoms with Crippen LogP contribution >= 0.6 is 0 Å². The van der Waals surface area contributed by atoms with Crippen LogP contribution in [-0.2, 0) is 4.79 Å². The lowest BCUT2D eigenvalue weighted by molar-refractivity contribution is -0.116. The molecule has 0 radical (unpaired) electrons. The molecule has 2 rings (SSSR count). The van der Waals surface area contributed by atoms with Crippen LogP contribution in [-0.4, -0.2) is 40.6 Å². The van der Waals surface area contributed by atoms with E-state index in [0.29, 0.717) is 18.4 Å². The molecule has 122 valence electrons. The van der Waals surface area contributed by atoms with Crippen LogP contribution in [0.1, 0.15) is 36.5 Å². The summed E-state index contributed by atoms with van der Waals surface area (Å²) in [5.41, 5.74) is 0.592. The van der Waals surface area contributed by atoms with Crippen LogP contribution in [0.25, 0.3) is 0 Å². The fourth-order valence-electron chi connectivity index (χ4n) is 2.54. The Labute approximate surface area is 135 Å². The number of allylic oxidation sites excluding steroid dienone is 2. The van der Waals surface area contributed by atoms with E-state index in [0.717, 1.165) is 0 Å². The highest BCUT2D eigenvalue weighted by Gasteiger charge is 2.32. The van der Waals surface area contributed by atoms with Crippen molar-refractivity contribution in [3.05, 3.63) is 47.2 Å². The molecule has 5 heteroatoms. The summed E-state index contributed by atoms with van der Waals surface area (Å²) in [6.45, 7) is 1.75. The highest BCUT2D eigenvalue weighted by Crippen LogP contribution is 2.28. The molecule has 1 aromatic rings. The van der Waals surface area contributed by atoms with E-state index in [1.54, 1.807) is 24.3 Å². The lowest BCUT2D eigenvalue weighted by Gasteiger charge is -2.21. The Bertz CT molecular complexity index is 630. The summed E-state index contributed by atoms with van der Waals surface area (Å²) in [5.74, 6) is -1.36. The average Bonchev–Trinajstić information content (AvgIpc) is 2.58. The summed E-state index contributed by atoms with van der Waals surface area (Å²) in [4.78, 5) is 28.7. The first-order valence-electron chi connectivity index (χ1n) is 7.78. The van der Waals surface area contributed by atoms with Gasteiger partial charge < -0.3 is 10.2 Å². The van der Waals surface area contributed by atoms with Crippen LogP contribution in [0.15, 0.2) is 46.7 Å². The van der Waals surface area contributed by atoms with Gasteiger partial charge in [0.25, 0.3) is 0 Å². The van der Waals surface area contributed by atoms with Crippen molar-refractivity contribution in [2.45, 2.75) is 32.2 Å². The Balaban J connectivity index is 2.29. The van der Waals surface area contributed by atoms with Crippen LogP contribution in [0.5, 0.6) is 0 Å². The van der Waals surface area contributed by atoms with Crippen molar-refractivity contribution < 1.29 is 19.8 Å². The number of hydrogen-bond acceptors (Lipinski definition) is 5. The summed E-state index contributed by atoms with van der Waals surface area (Å²) < 4.78 is 0. The predicted octanol–water partition coefficient (Wildman–Crippen LogP) is 2.50. The lowest BCUT2D eigenvalue weighted by Crippen LogP contribution is -2.27. The summed E-state index contributed by atoms with van der Waals surface area (Å²) >= 11 is 0. The van der Waals surface area contributed by atoms with Crippen molar-refractivity contribution in [1.82, 2.24) is 0 Å². The number of aliphatic hydroxyl groups excluding tert-OH is 2. The molecular formula is C18H21NO4. The SMILES string of the molecule is CC[C@H](CO)N=CC1=C(O)[C@@H](C(=O)c2ccccc2)CCC1=O. The number of Topliss-reactive ketones (excluding diaryl/α,β-unsaturated/α-hetero) is 2. The molecule has 1 aromatic carbocycles. The second kappa shape index (κ2) is 7.83. The molecule has 0 fully saturated rings. The molecule has 0 bridgehead atoms. The number of aliphatic imine (C=N–C) groups is 1. The van der Waals surface area contributed by atoms with Crippen molar-refractivity contribution >= 4 is 17.8 Å². The molecule has 0 aromatic heterocycles. The maximum atomic E-state index is 12.5. The number of rotatable bonds is 6. The van der Waals surface area contributed by atoms with Gasteiger partial charge in [0.1, 0.15) is 5.76 Å². The van der Waals surface area contributed by atoms with E-state index in [2.05, 4.69) is 4.99 Å². The fourth-order valence-corrected chi connectivity index (χ4v) is 2.54. The minimum atomic E-state index is -0.717. The maximum absolute atomic E-state index is 12.5. The molecule has 0 saturated heterocycles. The van der Waals surface area contributed by atoms with E-state index < -0.39 is 5.92 Å². The Morgan fingerprint density at radius 2 is 2.09 bits per heavy atom. The lowest BCUT2D eigenvalue weighted by atomic mass is 9.83. The highest BCUT2D eigenvalue weighted by molar-refractivity contribution is 6.16. The van der Waals surface area contributed by atoms with Gasteiger partial charge in [0.05, 0.1) is 24.1 Å². The number of aliphatic hydroxyl groups is 2. The standard InChI is InChI=1S/C18H21NO4/c1-2-13(11-20)19-10-15-16(21)9-8-14(18(15)23)17(22)12-6-4-3-5-7-12/h3-7,10,13-14,20,23H,2,8-9,11H2,1H3/t13-,14-/m1/s1. The van der Waals surface area contributed by atoms with Gasteiger partial charge in [-0.05, 0) is 12.8 Å². The van der Waals surface area contributed by atoms with Crippen molar-refractivity contribution in [2.24, 2.45) is 10.9 Å². The van der Waals surface area contributed by atoms with Crippen LogP contribution in [0.4, 0.5) is 0 Å². The number of ketones is 2. The largest absolute Gasteiger partial charge is 0.511 e. The van der Waals surface area contributed by atoms with E-state index >= 15 is 0 Å². The van der Waals surface area contributed by atoms with Crippen LogP contribution in [0.2, 0.25) is 0 Å². The van der Waals surface area contributed by atoms with Crippen LogP contribution in [0, 0.1) is 5.92 Å². The van der Waals surface area contributed by atoms with Gasteiger partial charge >= 0.3 is 0 Å². The molecule has 2 atom stereocenters. The molecule has 0 saturated carbocycles. The summed E-state index contributed by atoms with van der Waals surface area (Å²) in [6, 6.07) is 8.41. The third-order valence-electron chi connectivity index (χ3n) is 4.04. The molecule has 1 aliphatic rings. The van der Waals surface area contributed by atoms with E-state index in [1.165, 1.54) is 6.21 Å². The molecule has 0 spiro atoms. The first-order chi connectivity index (χ1) is 11.1. The topological polar surface area (TPSA) is 87.0 Å². The van der Waals surface area contributed by atoms with Gasteiger partial charge in [-0.1, -0.05) is 37.3 Å². The van der Waals surface area contributed by atoms with Gasteiger partial charge in [-0.2, -0.15) is 0 Å². The van der Waals surface area contributed by atoms with Crippen molar-refractivity contribution in [2.75, 3.05) is 6.61 Å². The molecule has 2 N–H and O–H groups in total. The van der Waals surface area contributed by atoms with E-state index in [1.807, 2.05) is 13.0 Å². The van der Waals surface area contributed by atoms with Crippen LogP contribution < -0.4 is 0 Å². The van der Waals surface area contributed by atoms with Gasteiger partial charge in [-0.25, -0.2) is 0 Å². The predicted molar refractivity (Wildman–Crippen MR) is 87.8 cm³/mol. The third kappa shape index (κ3) is 3.93. The van der Waals surface area contributed by atoms with Crippen molar-refractivity contribution in [3.8, 4) is 0 Å². The first-order valence-corrected chi connectivity index (χ1v) is 7.78. The molecule has 1 aliphatic carbocycles. The number of nitrogens with zero attached hydrogens (tertiary/aromatic N) is 1. The Kier molecular flexibility index (Phi) is 5.82. The van der Waals surface area contributed by atoms with Crippen molar-refractivity contribution in [3.63, 3.8) is 0 Å². The molecule has 23 heavy (non-hydrogen) atoms. The third-order valence-corrected chi connectivity index (χ3v) is 4.04. The quantitative estimate of drug-likeness (QED) is 0.624. The Hall–Kier alpha value is -2.27. The van der Waals surface area contributed by atoms with Crippen molar-refractivity contribution in [1.29, 1.82) is 0 Å². The van der Waals surface area contributed by atoms with Crippen LogP contribution in [0.3, 0.4) is 0 Å². The summed E-state index contributed by atoms with van der Waals surface area (Å²) in [6.07, 6.45) is 2.42. The average molecular weight is 315 g/mol. The number of carbonyl (C=O) groups is 2. The zero-order valence-electron chi connectivity index (χ0n) is 13.1. The van der Waals surface area contributed by atoms with Gasteiger partial charge in [0.2, 0.25) is 0 Å². The molecular weight excluding hydrogens is 294 g/mol. The second-order valence-electron chi connectivity index (χ2n) is 5.57. The van der Waals surface area contributed by atoms with E-state index in [-0.39, 0.29) is 42.0 Å². The first kappa shape index (κ1) is 17.1. The number of hydrogen-bond donors (Lipinski definition) is 2. The summed E-state index contributed by atoms with van der Waals surface area (Å²) in [5, 5.41) is 19.5. The highest BCUT2D eigenvalue weighted by atomic mass is 16.3. The van der Waals surface area contributed by atoms with E-state index in [4.69, 9.17) is 5.11 Å². The molecule has 0 amide bonds. The zero-order chi connectivity index (χ0) is 16.8.